The molecule has 1 aliphatic heterocycles. The molecule has 0 spiro atoms. The molecular formula is C20H23F3N4O2. The zero-order valence-electron chi connectivity index (χ0n) is 16.3. The first kappa shape index (κ1) is 20.9. The van der Waals surface area contributed by atoms with Gasteiger partial charge in [-0.05, 0) is 51.3 Å². The number of nitrogens with one attached hydrogen (secondary N) is 2. The first-order valence-electron chi connectivity index (χ1n) is 9.46. The molecule has 1 aromatic heterocycles. The summed E-state index contributed by atoms with van der Waals surface area (Å²) in [5.41, 5.74) is 1.29. The van der Waals surface area contributed by atoms with Crippen molar-refractivity contribution in [2.45, 2.75) is 51.7 Å². The SMILES string of the molecule is Cc1nn(-c2cccc(C(F)(F)F)c2)c(C)c1CC(=O)NC1CCCCNC1=O. The van der Waals surface area contributed by atoms with Crippen LogP contribution in [0.25, 0.3) is 5.69 Å². The summed E-state index contributed by atoms with van der Waals surface area (Å²) in [6, 6.07) is 4.32. The van der Waals surface area contributed by atoms with Crippen LogP contribution in [0, 0.1) is 13.8 Å². The van der Waals surface area contributed by atoms with Crippen molar-refractivity contribution in [3.63, 3.8) is 0 Å². The average molecular weight is 408 g/mol. The second-order valence-corrected chi connectivity index (χ2v) is 7.19. The van der Waals surface area contributed by atoms with Crippen molar-refractivity contribution in [1.82, 2.24) is 20.4 Å². The van der Waals surface area contributed by atoms with Crippen molar-refractivity contribution in [2.24, 2.45) is 0 Å². The van der Waals surface area contributed by atoms with E-state index in [1.807, 2.05) is 0 Å². The van der Waals surface area contributed by atoms with Gasteiger partial charge in [-0.1, -0.05) is 6.07 Å². The maximum atomic E-state index is 13.0. The Morgan fingerprint density at radius 3 is 2.79 bits per heavy atom. The molecule has 0 bridgehead atoms. The molecule has 0 radical (unpaired) electrons. The van der Waals surface area contributed by atoms with Gasteiger partial charge in [0.05, 0.1) is 23.4 Å². The summed E-state index contributed by atoms with van der Waals surface area (Å²) in [5.74, 6) is -0.509. The third-order valence-corrected chi connectivity index (χ3v) is 5.07. The summed E-state index contributed by atoms with van der Waals surface area (Å²) in [4.78, 5) is 24.5. The lowest BCUT2D eigenvalue weighted by molar-refractivity contribution is -0.137. The van der Waals surface area contributed by atoms with E-state index in [1.165, 1.54) is 16.8 Å². The highest BCUT2D eigenvalue weighted by molar-refractivity contribution is 5.88. The van der Waals surface area contributed by atoms with Crippen molar-refractivity contribution in [2.75, 3.05) is 6.54 Å². The molecule has 1 fully saturated rings. The van der Waals surface area contributed by atoms with Crippen LogP contribution in [0.3, 0.4) is 0 Å². The fourth-order valence-electron chi connectivity index (χ4n) is 3.48. The molecule has 0 aliphatic carbocycles. The van der Waals surface area contributed by atoms with E-state index in [4.69, 9.17) is 0 Å². The standard InChI is InChI=1S/C20H23F3N4O2/c1-12-16(11-18(28)25-17-8-3-4-9-24-19(17)29)13(2)27(26-12)15-7-5-6-14(10-15)20(21,22)23/h5-7,10,17H,3-4,8-9,11H2,1-2H3,(H,24,29)(H,25,28). The molecule has 2 heterocycles. The van der Waals surface area contributed by atoms with Crippen LogP contribution < -0.4 is 10.6 Å². The summed E-state index contributed by atoms with van der Waals surface area (Å²) < 4.78 is 40.4. The molecule has 6 nitrogen and oxygen atoms in total. The minimum absolute atomic E-state index is 0.000405. The Bertz CT molecular complexity index is 921. The van der Waals surface area contributed by atoms with Gasteiger partial charge in [0, 0.05) is 17.8 Å². The molecule has 1 aromatic carbocycles. The highest BCUT2D eigenvalue weighted by Crippen LogP contribution is 2.30. The number of halogens is 3. The minimum atomic E-state index is -4.45. The Labute approximate surface area is 166 Å². The average Bonchev–Trinajstić information content (AvgIpc) is 2.80. The van der Waals surface area contributed by atoms with Gasteiger partial charge in [-0.3, -0.25) is 9.59 Å². The van der Waals surface area contributed by atoms with E-state index >= 15 is 0 Å². The lowest BCUT2D eigenvalue weighted by Gasteiger charge is -2.15. The van der Waals surface area contributed by atoms with E-state index in [0.717, 1.165) is 25.0 Å². The van der Waals surface area contributed by atoms with Gasteiger partial charge < -0.3 is 10.6 Å². The van der Waals surface area contributed by atoms with Gasteiger partial charge in [-0.25, -0.2) is 4.68 Å². The quantitative estimate of drug-likeness (QED) is 0.817. The fraction of sp³-hybridized carbons (Fsp3) is 0.450. The molecule has 0 saturated carbocycles. The van der Waals surface area contributed by atoms with E-state index < -0.39 is 17.8 Å². The first-order chi connectivity index (χ1) is 13.7. The van der Waals surface area contributed by atoms with Crippen molar-refractivity contribution in [3.05, 3.63) is 46.8 Å². The van der Waals surface area contributed by atoms with Crippen molar-refractivity contribution in [3.8, 4) is 5.69 Å². The molecule has 29 heavy (non-hydrogen) atoms. The number of hydrogen-bond donors (Lipinski definition) is 2. The van der Waals surface area contributed by atoms with Crippen molar-refractivity contribution >= 4 is 11.8 Å². The Hall–Kier alpha value is -2.84. The molecular weight excluding hydrogens is 385 g/mol. The smallest absolute Gasteiger partial charge is 0.354 e. The molecule has 3 rings (SSSR count). The number of benzene rings is 1. The summed E-state index contributed by atoms with van der Waals surface area (Å²) in [6.45, 7) is 4.02. The largest absolute Gasteiger partial charge is 0.416 e. The molecule has 9 heteroatoms. The number of alkyl halides is 3. The van der Waals surface area contributed by atoms with Crippen LogP contribution in [-0.4, -0.2) is 34.2 Å². The lowest BCUT2D eigenvalue weighted by Crippen LogP contribution is -2.46. The number of carbonyl (C=O) groups is 2. The molecule has 1 atom stereocenters. The molecule has 1 unspecified atom stereocenters. The third-order valence-electron chi connectivity index (χ3n) is 5.07. The van der Waals surface area contributed by atoms with E-state index in [9.17, 15) is 22.8 Å². The molecule has 1 aliphatic rings. The summed E-state index contributed by atoms with van der Waals surface area (Å²) in [6.07, 6.45) is -2.15. The fourth-order valence-corrected chi connectivity index (χ4v) is 3.48. The van der Waals surface area contributed by atoms with E-state index in [2.05, 4.69) is 15.7 Å². The van der Waals surface area contributed by atoms with Gasteiger partial charge in [-0.15, -0.1) is 0 Å². The highest BCUT2D eigenvalue weighted by Gasteiger charge is 2.31. The number of aryl methyl sites for hydroxylation is 1. The first-order valence-corrected chi connectivity index (χ1v) is 9.46. The van der Waals surface area contributed by atoms with Gasteiger partial charge in [0.15, 0.2) is 0 Å². The Kier molecular flexibility index (Phi) is 5.95. The van der Waals surface area contributed by atoms with Crippen LogP contribution in [0.2, 0.25) is 0 Å². The van der Waals surface area contributed by atoms with E-state index in [0.29, 0.717) is 29.9 Å². The summed E-state index contributed by atoms with van der Waals surface area (Å²) in [5, 5.41) is 9.84. The third kappa shape index (κ3) is 4.78. The van der Waals surface area contributed by atoms with Crippen molar-refractivity contribution in [1.29, 1.82) is 0 Å². The topological polar surface area (TPSA) is 76.0 Å². The second-order valence-electron chi connectivity index (χ2n) is 7.19. The highest BCUT2D eigenvalue weighted by atomic mass is 19.4. The van der Waals surface area contributed by atoms with Gasteiger partial charge >= 0.3 is 6.18 Å². The molecule has 1 saturated heterocycles. The van der Waals surface area contributed by atoms with Crippen molar-refractivity contribution < 1.29 is 22.8 Å². The predicted molar refractivity (Wildman–Crippen MR) is 101 cm³/mol. The molecule has 156 valence electrons. The molecule has 2 amide bonds. The summed E-state index contributed by atoms with van der Waals surface area (Å²) >= 11 is 0. The van der Waals surface area contributed by atoms with Crippen LogP contribution in [0.1, 0.15) is 41.8 Å². The van der Waals surface area contributed by atoms with Crippen LogP contribution in [0.5, 0.6) is 0 Å². The Morgan fingerprint density at radius 1 is 1.31 bits per heavy atom. The Balaban J connectivity index is 1.79. The molecule has 2 N–H and O–H groups in total. The van der Waals surface area contributed by atoms with Gasteiger partial charge in [0.2, 0.25) is 11.8 Å². The number of rotatable bonds is 4. The minimum Gasteiger partial charge on any atom is -0.354 e. The van der Waals surface area contributed by atoms with Crippen LogP contribution in [0.15, 0.2) is 24.3 Å². The van der Waals surface area contributed by atoms with E-state index in [-0.39, 0.29) is 23.9 Å². The van der Waals surface area contributed by atoms with Crippen LogP contribution >= 0.6 is 0 Å². The number of carbonyl (C=O) groups excluding carboxylic acids is 2. The van der Waals surface area contributed by atoms with E-state index in [1.54, 1.807) is 13.8 Å². The van der Waals surface area contributed by atoms with Gasteiger partial charge in [0.25, 0.3) is 0 Å². The zero-order chi connectivity index (χ0) is 21.2. The number of hydrogen-bond acceptors (Lipinski definition) is 3. The van der Waals surface area contributed by atoms with Gasteiger partial charge in [-0.2, -0.15) is 18.3 Å². The Morgan fingerprint density at radius 2 is 2.07 bits per heavy atom. The van der Waals surface area contributed by atoms with Crippen LogP contribution in [-0.2, 0) is 22.2 Å². The van der Waals surface area contributed by atoms with Gasteiger partial charge in [0.1, 0.15) is 6.04 Å². The second kappa shape index (κ2) is 8.26. The molecule has 2 aromatic rings. The predicted octanol–water partition coefficient (Wildman–Crippen LogP) is 2.84. The van der Waals surface area contributed by atoms with Crippen LogP contribution in [0.4, 0.5) is 13.2 Å². The maximum absolute atomic E-state index is 13.0. The lowest BCUT2D eigenvalue weighted by atomic mass is 10.1. The number of aromatic nitrogens is 2. The monoisotopic (exact) mass is 408 g/mol. The normalized spacial score (nSPS) is 17.6. The number of amides is 2. The number of nitrogens with zero attached hydrogens (tertiary/aromatic N) is 2. The summed E-state index contributed by atoms with van der Waals surface area (Å²) in [7, 11) is 0. The zero-order valence-corrected chi connectivity index (χ0v) is 16.3. The maximum Gasteiger partial charge on any atom is 0.416 e.